The predicted molar refractivity (Wildman–Crippen MR) is 124 cm³/mol. The minimum atomic E-state index is -0.839. The standard InChI is InChI=1S/C25H26ClN3O2/c26-21-9-8-17(14-24(30)31)13-19(21)10-12-28-25(18-5-2-1-3-6-18)20-15-23-22(29-16-20)7-4-11-27-23/h1-9,11,13,20,25,28-29H,10,12,14-16H2,(H,30,31)/t20?,25-/m1/s1. The quantitative estimate of drug-likeness (QED) is 0.485. The molecule has 2 heterocycles. The van der Waals surface area contributed by atoms with Crippen molar-refractivity contribution in [3.05, 3.63) is 94.3 Å². The number of nitrogens with zero attached hydrogens (tertiary/aromatic N) is 1. The van der Waals surface area contributed by atoms with Crippen molar-refractivity contribution in [1.82, 2.24) is 10.3 Å². The second kappa shape index (κ2) is 9.94. The summed E-state index contributed by atoms with van der Waals surface area (Å²) in [4.78, 5) is 15.6. The molecule has 1 aromatic heterocycles. The van der Waals surface area contributed by atoms with Crippen molar-refractivity contribution in [2.24, 2.45) is 5.92 Å². The number of carboxylic acid groups (broad SMARTS) is 1. The topological polar surface area (TPSA) is 74.2 Å². The minimum absolute atomic E-state index is 0.00436. The number of carbonyl (C=O) groups is 1. The van der Waals surface area contributed by atoms with Gasteiger partial charge in [0.05, 0.1) is 17.8 Å². The lowest BCUT2D eigenvalue weighted by Gasteiger charge is -2.33. The van der Waals surface area contributed by atoms with Gasteiger partial charge in [0.25, 0.3) is 0 Å². The Hall–Kier alpha value is -2.89. The molecule has 0 bridgehead atoms. The van der Waals surface area contributed by atoms with E-state index in [0.717, 1.165) is 48.4 Å². The Morgan fingerprint density at radius 1 is 1.19 bits per heavy atom. The van der Waals surface area contributed by atoms with Gasteiger partial charge in [-0.15, -0.1) is 0 Å². The molecule has 1 unspecified atom stereocenters. The molecule has 0 fully saturated rings. The molecule has 3 aromatic rings. The van der Waals surface area contributed by atoms with Gasteiger partial charge in [-0.1, -0.05) is 54.1 Å². The van der Waals surface area contributed by atoms with Crippen molar-refractivity contribution in [3.8, 4) is 0 Å². The number of anilines is 1. The maximum atomic E-state index is 11.0. The summed E-state index contributed by atoms with van der Waals surface area (Å²) in [5, 5.41) is 17.0. The van der Waals surface area contributed by atoms with E-state index in [2.05, 4.69) is 45.9 Å². The highest BCUT2D eigenvalue weighted by atomic mass is 35.5. The molecule has 0 saturated heterocycles. The third kappa shape index (κ3) is 5.43. The van der Waals surface area contributed by atoms with Gasteiger partial charge >= 0.3 is 5.97 Å². The first kappa shape index (κ1) is 21.3. The number of hydrogen-bond donors (Lipinski definition) is 3. The van der Waals surface area contributed by atoms with Crippen LogP contribution in [0, 0.1) is 5.92 Å². The second-order valence-electron chi connectivity index (χ2n) is 7.93. The van der Waals surface area contributed by atoms with E-state index in [1.807, 2.05) is 24.4 Å². The van der Waals surface area contributed by atoms with E-state index in [9.17, 15) is 4.79 Å². The summed E-state index contributed by atoms with van der Waals surface area (Å²) in [6, 6.07) is 20.2. The fourth-order valence-electron chi connectivity index (χ4n) is 4.24. The van der Waals surface area contributed by atoms with Crippen LogP contribution in [-0.2, 0) is 24.1 Å². The molecule has 3 N–H and O–H groups in total. The van der Waals surface area contributed by atoms with Crippen LogP contribution in [0.25, 0.3) is 0 Å². The molecule has 5 nitrogen and oxygen atoms in total. The smallest absolute Gasteiger partial charge is 0.307 e. The van der Waals surface area contributed by atoms with Crippen LogP contribution in [0.2, 0.25) is 5.02 Å². The Morgan fingerprint density at radius 2 is 2.03 bits per heavy atom. The molecule has 0 aliphatic carbocycles. The first-order valence-corrected chi connectivity index (χ1v) is 10.9. The van der Waals surface area contributed by atoms with Crippen molar-refractivity contribution in [2.45, 2.75) is 25.3 Å². The van der Waals surface area contributed by atoms with Crippen LogP contribution in [0.3, 0.4) is 0 Å². The fraction of sp³-hybridized carbons (Fsp3) is 0.280. The van der Waals surface area contributed by atoms with Crippen molar-refractivity contribution in [1.29, 1.82) is 0 Å². The van der Waals surface area contributed by atoms with Crippen LogP contribution in [0.15, 0.2) is 66.9 Å². The van der Waals surface area contributed by atoms with Crippen LogP contribution in [0.4, 0.5) is 5.69 Å². The number of hydrogen-bond acceptors (Lipinski definition) is 4. The molecule has 4 rings (SSSR count). The third-order valence-corrected chi connectivity index (χ3v) is 6.12. The first-order valence-electron chi connectivity index (χ1n) is 10.6. The summed E-state index contributed by atoms with van der Waals surface area (Å²) in [5.74, 6) is -0.479. The van der Waals surface area contributed by atoms with Gasteiger partial charge < -0.3 is 15.7 Å². The van der Waals surface area contributed by atoms with E-state index in [1.165, 1.54) is 5.56 Å². The average Bonchev–Trinajstić information content (AvgIpc) is 2.78. The molecular weight excluding hydrogens is 410 g/mol. The van der Waals surface area contributed by atoms with Crippen LogP contribution < -0.4 is 10.6 Å². The monoisotopic (exact) mass is 435 g/mol. The van der Waals surface area contributed by atoms with E-state index in [0.29, 0.717) is 10.9 Å². The van der Waals surface area contributed by atoms with E-state index < -0.39 is 5.97 Å². The molecule has 0 spiro atoms. The first-order chi connectivity index (χ1) is 15.1. The number of fused-ring (bicyclic) bond motifs is 1. The number of nitrogens with one attached hydrogen (secondary N) is 2. The number of carboxylic acids is 1. The molecule has 1 aliphatic heterocycles. The Kier molecular flexibility index (Phi) is 6.85. The Morgan fingerprint density at radius 3 is 2.84 bits per heavy atom. The molecule has 1 aliphatic rings. The number of aliphatic carboxylic acids is 1. The van der Waals surface area contributed by atoms with Gasteiger partial charge in [0, 0.05) is 29.7 Å². The van der Waals surface area contributed by atoms with Crippen LogP contribution in [0.1, 0.15) is 28.4 Å². The van der Waals surface area contributed by atoms with Crippen LogP contribution >= 0.6 is 11.6 Å². The summed E-state index contributed by atoms with van der Waals surface area (Å²) in [7, 11) is 0. The van der Waals surface area contributed by atoms with Crippen LogP contribution in [-0.4, -0.2) is 29.1 Å². The number of rotatable bonds is 8. The highest BCUT2D eigenvalue weighted by molar-refractivity contribution is 6.31. The highest BCUT2D eigenvalue weighted by Gasteiger charge is 2.27. The summed E-state index contributed by atoms with van der Waals surface area (Å²) < 4.78 is 0. The van der Waals surface area contributed by atoms with Gasteiger partial charge in [0.2, 0.25) is 0 Å². The van der Waals surface area contributed by atoms with Crippen molar-refractivity contribution in [3.63, 3.8) is 0 Å². The van der Waals surface area contributed by atoms with Gasteiger partial charge in [0.1, 0.15) is 0 Å². The van der Waals surface area contributed by atoms with Crippen molar-refractivity contribution >= 4 is 23.3 Å². The zero-order valence-corrected chi connectivity index (χ0v) is 18.0. The zero-order chi connectivity index (χ0) is 21.6. The number of benzene rings is 2. The maximum absolute atomic E-state index is 11.0. The second-order valence-corrected chi connectivity index (χ2v) is 8.34. The Labute approximate surface area is 187 Å². The number of halogens is 1. The minimum Gasteiger partial charge on any atom is -0.481 e. The largest absolute Gasteiger partial charge is 0.481 e. The zero-order valence-electron chi connectivity index (χ0n) is 17.2. The van der Waals surface area contributed by atoms with Gasteiger partial charge in [-0.05, 0) is 54.3 Å². The third-order valence-electron chi connectivity index (χ3n) is 5.75. The molecule has 0 saturated carbocycles. The van der Waals surface area contributed by atoms with E-state index >= 15 is 0 Å². The average molecular weight is 436 g/mol. The molecule has 160 valence electrons. The molecule has 0 amide bonds. The van der Waals surface area contributed by atoms with Gasteiger partial charge in [-0.3, -0.25) is 9.78 Å². The van der Waals surface area contributed by atoms with E-state index in [-0.39, 0.29) is 12.5 Å². The molecule has 2 atom stereocenters. The SMILES string of the molecule is O=C(O)Cc1ccc(Cl)c(CCN[C@H](c2ccccc2)C2CNc3cccnc3C2)c1. The normalized spacial score (nSPS) is 16.2. The number of pyridine rings is 1. The predicted octanol–water partition coefficient (Wildman–Crippen LogP) is 4.52. The molecular formula is C25H26ClN3O2. The van der Waals surface area contributed by atoms with Gasteiger partial charge in [0.15, 0.2) is 0 Å². The Balaban J connectivity index is 1.47. The number of aromatic nitrogens is 1. The molecule has 31 heavy (non-hydrogen) atoms. The van der Waals surface area contributed by atoms with Crippen molar-refractivity contribution < 1.29 is 9.90 Å². The lowest BCUT2D eigenvalue weighted by atomic mass is 9.86. The summed E-state index contributed by atoms with van der Waals surface area (Å²) in [6.07, 6.45) is 3.49. The lowest BCUT2D eigenvalue weighted by molar-refractivity contribution is -0.136. The van der Waals surface area contributed by atoms with E-state index in [1.54, 1.807) is 12.1 Å². The summed E-state index contributed by atoms with van der Waals surface area (Å²) >= 11 is 6.38. The molecule has 6 heteroatoms. The van der Waals surface area contributed by atoms with Gasteiger partial charge in [-0.25, -0.2) is 0 Å². The summed E-state index contributed by atoms with van der Waals surface area (Å²) in [6.45, 7) is 1.61. The summed E-state index contributed by atoms with van der Waals surface area (Å²) in [5.41, 5.74) is 5.21. The fourth-order valence-corrected chi connectivity index (χ4v) is 4.45. The molecule has 0 radical (unpaired) electrons. The van der Waals surface area contributed by atoms with E-state index in [4.69, 9.17) is 16.7 Å². The Bertz CT molecular complexity index is 1040. The van der Waals surface area contributed by atoms with Crippen molar-refractivity contribution in [2.75, 3.05) is 18.4 Å². The lowest BCUT2D eigenvalue weighted by Crippen LogP contribution is -2.37. The maximum Gasteiger partial charge on any atom is 0.307 e. The van der Waals surface area contributed by atoms with Crippen LogP contribution in [0.5, 0.6) is 0 Å². The highest BCUT2D eigenvalue weighted by Crippen LogP contribution is 2.31. The molecule has 2 aromatic carbocycles. The van der Waals surface area contributed by atoms with Gasteiger partial charge in [-0.2, -0.15) is 0 Å².